The molecule has 72 valence electrons. The average Bonchev–Trinajstić information content (AvgIpc) is 2.41. The smallest absolute Gasteiger partial charge is 0.416 e. The first kappa shape index (κ1) is 8.74. The number of carboxylic acid groups (broad SMARTS) is 1. The second-order valence-corrected chi connectivity index (χ2v) is 3.03. The molecule has 1 aromatic heterocycles. The topological polar surface area (TPSA) is 42.2 Å². The average molecular weight is 193 g/mol. The Morgan fingerprint density at radius 1 is 1.43 bits per heavy atom. The van der Waals surface area contributed by atoms with Crippen LogP contribution in [0.5, 0.6) is 0 Å². The van der Waals surface area contributed by atoms with Crippen LogP contribution in [-0.2, 0) is 0 Å². The molecule has 14 heavy (non-hydrogen) atoms. The normalized spacial score (nSPS) is 10.7. The Balaban J connectivity index is 2.95. The molecule has 0 aliphatic carbocycles. The Kier molecular flexibility index (Phi) is 1.77. The number of fused-ring (bicyclic) bond motifs is 1. The first-order valence-corrected chi connectivity index (χ1v) is 4.11. The third-order valence-electron chi connectivity index (χ3n) is 2.23. The molecule has 0 bridgehead atoms. The molecule has 0 saturated carbocycles. The molecule has 3 nitrogen and oxygen atoms in total. The van der Waals surface area contributed by atoms with Crippen LogP contribution in [0.1, 0.15) is 5.69 Å². The van der Waals surface area contributed by atoms with Gasteiger partial charge >= 0.3 is 6.09 Å². The van der Waals surface area contributed by atoms with Gasteiger partial charge in [0, 0.05) is 5.39 Å². The predicted molar refractivity (Wildman–Crippen MR) is 50.1 cm³/mol. The van der Waals surface area contributed by atoms with Gasteiger partial charge in [0.1, 0.15) is 0 Å². The maximum atomic E-state index is 13.5. The Labute approximate surface area is 79.4 Å². The lowest BCUT2D eigenvalue weighted by Gasteiger charge is -1.98. The quantitative estimate of drug-likeness (QED) is 0.698. The lowest BCUT2D eigenvalue weighted by molar-refractivity contribution is 0.196. The van der Waals surface area contributed by atoms with Crippen molar-refractivity contribution in [3.63, 3.8) is 0 Å². The first-order valence-electron chi connectivity index (χ1n) is 4.11. The number of hydrogen-bond acceptors (Lipinski definition) is 1. The molecule has 1 heterocycles. The van der Waals surface area contributed by atoms with Gasteiger partial charge in [-0.25, -0.2) is 13.8 Å². The maximum absolute atomic E-state index is 13.5. The number of hydrogen-bond donors (Lipinski definition) is 1. The minimum atomic E-state index is -1.16. The number of para-hydroxylation sites is 1. The van der Waals surface area contributed by atoms with E-state index in [-0.39, 0.29) is 5.69 Å². The summed E-state index contributed by atoms with van der Waals surface area (Å²) in [5.41, 5.74) is 0.508. The summed E-state index contributed by atoms with van der Waals surface area (Å²) in [5, 5.41) is 9.21. The molecule has 2 rings (SSSR count). The lowest BCUT2D eigenvalue weighted by Crippen LogP contribution is -2.09. The SMILES string of the molecule is Cc1c(F)c2ccccc2n1C(=O)O. The van der Waals surface area contributed by atoms with Gasteiger partial charge in [0.05, 0.1) is 11.2 Å². The van der Waals surface area contributed by atoms with Gasteiger partial charge in [0.2, 0.25) is 0 Å². The van der Waals surface area contributed by atoms with E-state index < -0.39 is 11.9 Å². The molecule has 0 unspecified atom stereocenters. The molecule has 1 aromatic carbocycles. The second-order valence-electron chi connectivity index (χ2n) is 3.03. The Bertz CT molecular complexity index is 516. The summed E-state index contributed by atoms with van der Waals surface area (Å²) in [6, 6.07) is 6.51. The number of rotatable bonds is 0. The van der Waals surface area contributed by atoms with Gasteiger partial charge in [0.25, 0.3) is 0 Å². The van der Waals surface area contributed by atoms with Crippen LogP contribution in [-0.4, -0.2) is 15.8 Å². The summed E-state index contributed by atoms with van der Waals surface area (Å²) >= 11 is 0. The molecule has 4 heteroatoms. The largest absolute Gasteiger partial charge is 0.464 e. The van der Waals surface area contributed by atoms with Crippen molar-refractivity contribution in [2.75, 3.05) is 0 Å². The molecule has 0 saturated heterocycles. The van der Waals surface area contributed by atoms with Crippen molar-refractivity contribution >= 4 is 17.0 Å². The van der Waals surface area contributed by atoms with E-state index in [1.165, 1.54) is 6.92 Å². The number of nitrogens with zero attached hydrogens (tertiary/aromatic N) is 1. The number of benzene rings is 1. The van der Waals surface area contributed by atoms with Gasteiger partial charge in [0.15, 0.2) is 5.82 Å². The number of aromatic nitrogens is 1. The van der Waals surface area contributed by atoms with Crippen molar-refractivity contribution in [3.05, 3.63) is 35.8 Å². The molecular formula is C10H8FNO2. The van der Waals surface area contributed by atoms with Crippen LogP contribution >= 0.6 is 0 Å². The fourth-order valence-electron chi connectivity index (χ4n) is 1.57. The van der Waals surface area contributed by atoms with Gasteiger partial charge in [-0.3, -0.25) is 0 Å². The summed E-state index contributed by atoms with van der Waals surface area (Å²) in [6.45, 7) is 1.45. The lowest BCUT2D eigenvalue weighted by atomic mass is 10.2. The number of carbonyl (C=O) groups is 1. The molecule has 2 aromatic rings. The van der Waals surface area contributed by atoms with E-state index in [9.17, 15) is 9.18 Å². The molecule has 0 aliphatic rings. The van der Waals surface area contributed by atoms with Crippen LogP contribution in [0.3, 0.4) is 0 Å². The third-order valence-corrected chi connectivity index (χ3v) is 2.23. The Morgan fingerprint density at radius 2 is 2.07 bits per heavy atom. The molecule has 0 amide bonds. The summed E-state index contributed by atoms with van der Waals surface area (Å²) in [7, 11) is 0. The molecule has 0 radical (unpaired) electrons. The first-order chi connectivity index (χ1) is 6.63. The fourth-order valence-corrected chi connectivity index (χ4v) is 1.57. The van der Waals surface area contributed by atoms with E-state index in [0.29, 0.717) is 10.9 Å². The van der Waals surface area contributed by atoms with E-state index in [1.54, 1.807) is 24.3 Å². The monoisotopic (exact) mass is 193 g/mol. The Morgan fingerprint density at radius 3 is 2.71 bits per heavy atom. The van der Waals surface area contributed by atoms with E-state index in [0.717, 1.165) is 4.57 Å². The zero-order valence-electron chi connectivity index (χ0n) is 7.49. The van der Waals surface area contributed by atoms with E-state index in [2.05, 4.69) is 0 Å². The van der Waals surface area contributed by atoms with Crippen LogP contribution in [0.4, 0.5) is 9.18 Å². The third kappa shape index (κ3) is 1.00. The maximum Gasteiger partial charge on any atom is 0.416 e. The van der Waals surface area contributed by atoms with Crippen molar-refractivity contribution < 1.29 is 14.3 Å². The molecule has 0 fully saturated rings. The van der Waals surface area contributed by atoms with Crippen LogP contribution in [0.25, 0.3) is 10.9 Å². The van der Waals surface area contributed by atoms with Crippen LogP contribution in [0.2, 0.25) is 0 Å². The molecule has 0 atom stereocenters. The van der Waals surface area contributed by atoms with Gasteiger partial charge in [-0.1, -0.05) is 12.1 Å². The summed E-state index contributed by atoms with van der Waals surface area (Å²) in [5.74, 6) is -0.469. The minimum Gasteiger partial charge on any atom is -0.464 e. The Hall–Kier alpha value is -1.84. The minimum absolute atomic E-state index is 0.124. The number of halogens is 1. The highest BCUT2D eigenvalue weighted by molar-refractivity contribution is 5.90. The van der Waals surface area contributed by atoms with Crippen LogP contribution in [0.15, 0.2) is 24.3 Å². The van der Waals surface area contributed by atoms with Crippen molar-refractivity contribution in [2.24, 2.45) is 0 Å². The zero-order valence-corrected chi connectivity index (χ0v) is 7.49. The van der Waals surface area contributed by atoms with Gasteiger partial charge in [-0.15, -0.1) is 0 Å². The standard InChI is InChI=1S/C10H8FNO2/c1-6-9(11)7-4-2-3-5-8(7)12(6)10(13)14/h2-5H,1H3,(H,13,14). The zero-order chi connectivity index (χ0) is 10.3. The highest BCUT2D eigenvalue weighted by Crippen LogP contribution is 2.23. The van der Waals surface area contributed by atoms with E-state index in [4.69, 9.17) is 5.11 Å². The van der Waals surface area contributed by atoms with Crippen molar-refractivity contribution in [1.82, 2.24) is 4.57 Å². The summed E-state index contributed by atoms with van der Waals surface area (Å²) in [6.07, 6.45) is -1.16. The van der Waals surface area contributed by atoms with E-state index in [1.807, 2.05) is 0 Å². The molecule has 0 aliphatic heterocycles. The predicted octanol–water partition coefficient (Wildman–Crippen LogP) is 2.61. The van der Waals surface area contributed by atoms with Crippen molar-refractivity contribution in [3.8, 4) is 0 Å². The van der Waals surface area contributed by atoms with Crippen molar-refractivity contribution in [1.29, 1.82) is 0 Å². The molecule has 1 N–H and O–H groups in total. The van der Waals surface area contributed by atoms with Crippen LogP contribution in [0, 0.1) is 12.7 Å². The highest BCUT2D eigenvalue weighted by Gasteiger charge is 2.16. The fraction of sp³-hybridized carbons (Fsp3) is 0.100. The van der Waals surface area contributed by atoms with E-state index >= 15 is 0 Å². The summed E-state index contributed by atoms with van der Waals surface area (Å²) < 4.78 is 14.4. The van der Waals surface area contributed by atoms with Crippen LogP contribution < -0.4 is 0 Å². The summed E-state index contributed by atoms with van der Waals surface area (Å²) in [4.78, 5) is 10.8. The van der Waals surface area contributed by atoms with Gasteiger partial charge < -0.3 is 5.11 Å². The highest BCUT2D eigenvalue weighted by atomic mass is 19.1. The van der Waals surface area contributed by atoms with Gasteiger partial charge in [-0.2, -0.15) is 0 Å². The molecule has 0 spiro atoms. The van der Waals surface area contributed by atoms with Gasteiger partial charge in [-0.05, 0) is 19.1 Å². The molecular weight excluding hydrogens is 185 g/mol. The second kappa shape index (κ2) is 2.83. The van der Waals surface area contributed by atoms with Crippen molar-refractivity contribution in [2.45, 2.75) is 6.92 Å².